The lowest BCUT2D eigenvalue weighted by molar-refractivity contribution is 0.279. The predicted octanol–water partition coefficient (Wildman–Crippen LogP) is 5.23. The van der Waals surface area contributed by atoms with E-state index in [1.165, 1.54) is 18.4 Å². The highest BCUT2D eigenvalue weighted by molar-refractivity contribution is 6.74. The van der Waals surface area contributed by atoms with Crippen LogP contribution in [0.1, 0.15) is 40.0 Å². The molecule has 0 atom stereocenters. The summed E-state index contributed by atoms with van der Waals surface area (Å²) in [5.74, 6) is 0. The van der Waals surface area contributed by atoms with Gasteiger partial charge >= 0.3 is 0 Å². The molecule has 0 fully saturated rings. The first-order chi connectivity index (χ1) is 8.33. The molecule has 1 nitrogen and oxygen atoms in total. The van der Waals surface area contributed by atoms with Gasteiger partial charge in [0.15, 0.2) is 8.32 Å². The van der Waals surface area contributed by atoms with Gasteiger partial charge in [0.2, 0.25) is 0 Å². The zero-order chi connectivity index (χ0) is 13.6. The van der Waals surface area contributed by atoms with E-state index < -0.39 is 8.32 Å². The molecule has 18 heavy (non-hydrogen) atoms. The van der Waals surface area contributed by atoms with Crippen molar-refractivity contribution in [1.82, 2.24) is 0 Å². The second-order valence-corrected chi connectivity index (χ2v) is 11.3. The van der Waals surface area contributed by atoms with Crippen molar-refractivity contribution >= 4 is 8.32 Å². The molecule has 0 spiro atoms. The van der Waals surface area contributed by atoms with E-state index in [0.29, 0.717) is 5.04 Å². The number of allylic oxidation sites excluding steroid dienone is 6. The monoisotopic (exact) mass is 264 g/mol. The summed E-state index contributed by atoms with van der Waals surface area (Å²) in [6.07, 6.45) is 14.4. The van der Waals surface area contributed by atoms with E-state index >= 15 is 0 Å². The Balaban J connectivity index is 2.14. The number of hydrogen-bond acceptors (Lipinski definition) is 1. The molecule has 0 saturated carbocycles. The molecule has 102 valence electrons. The van der Waals surface area contributed by atoms with Crippen LogP contribution < -0.4 is 0 Å². The minimum atomic E-state index is -1.53. The Kier molecular flexibility index (Phi) is 5.61. The van der Waals surface area contributed by atoms with Gasteiger partial charge in [0.05, 0.1) is 0 Å². The van der Waals surface area contributed by atoms with Gasteiger partial charge in [0, 0.05) is 6.61 Å². The molecule has 0 radical (unpaired) electrons. The van der Waals surface area contributed by atoms with E-state index in [9.17, 15) is 0 Å². The van der Waals surface area contributed by atoms with Crippen LogP contribution in [0.15, 0.2) is 36.0 Å². The highest BCUT2D eigenvalue weighted by Gasteiger charge is 2.36. The van der Waals surface area contributed by atoms with Crippen LogP contribution >= 0.6 is 0 Å². The van der Waals surface area contributed by atoms with Gasteiger partial charge < -0.3 is 4.43 Å². The molecule has 1 aliphatic carbocycles. The minimum absolute atomic E-state index is 0.328. The Morgan fingerprint density at radius 3 is 2.28 bits per heavy atom. The SMILES string of the molecule is CC(C)(C)[Si](C)(C)OCCCCC=C1C=CC=C1. The average Bonchev–Trinajstić information content (AvgIpc) is 2.74. The van der Waals surface area contributed by atoms with Gasteiger partial charge in [-0.15, -0.1) is 0 Å². The van der Waals surface area contributed by atoms with Crippen molar-refractivity contribution in [3.63, 3.8) is 0 Å². The zero-order valence-electron chi connectivity index (χ0n) is 12.6. The Morgan fingerprint density at radius 1 is 1.11 bits per heavy atom. The second kappa shape index (κ2) is 6.53. The Hall–Kier alpha value is -0.603. The van der Waals surface area contributed by atoms with Crippen molar-refractivity contribution in [2.75, 3.05) is 6.61 Å². The summed E-state index contributed by atoms with van der Waals surface area (Å²) in [6, 6.07) is 0. The van der Waals surface area contributed by atoms with Crippen molar-refractivity contribution in [2.45, 2.75) is 58.2 Å². The molecule has 0 amide bonds. The van der Waals surface area contributed by atoms with E-state index in [-0.39, 0.29) is 0 Å². The van der Waals surface area contributed by atoms with Gasteiger partial charge in [-0.1, -0.05) is 51.2 Å². The lowest BCUT2D eigenvalue weighted by atomic mass is 10.2. The van der Waals surface area contributed by atoms with Crippen molar-refractivity contribution in [3.05, 3.63) is 36.0 Å². The summed E-state index contributed by atoms with van der Waals surface area (Å²) < 4.78 is 6.16. The predicted molar refractivity (Wildman–Crippen MR) is 83.4 cm³/mol. The molecule has 0 aromatic heterocycles. The van der Waals surface area contributed by atoms with Crippen LogP contribution in [0, 0.1) is 0 Å². The van der Waals surface area contributed by atoms with Crippen LogP contribution in [0.3, 0.4) is 0 Å². The molecule has 0 aromatic carbocycles. The van der Waals surface area contributed by atoms with Crippen LogP contribution in [-0.2, 0) is 4.43 Å². The molecular formula is C16H28OSi. The summed E-state index contributed by atoms with van der Waals surface area (Å²) in [5, 5.41) is 0.328. The summed E-state index contributed by atoms with van der Waals surface area (Å²) in [5.41, 5.74) is 1.35. The third kappa shape index (κ3) is 4.95. The first kappa shape index (κ1) is 15.5. The smallest absolute Gasteiger partial charge is 0.191 e. The van der Waals surface area contributed by atoms with Crippen molar-refractivity contribution in [2.24, 2.45) is 0 Å². The summed E-state index contributed by atoms with van der Waals surface area (Å²) in [4.78, 5) is 0. The number of hydrogen-bond donors (Lipinski definition) is 0. The summed E-state index contributed by atoms with van der Waals surface area (Å²) in [7, 11) is -1.53. The summed E-state index contributed by atoms with van der Waals surface area (Å²) in [6.45, 7) is 12.4. The molecule has 1 rings (SSSR count). The maximum absolute atomic E-state index is 6.16. The first-order valence-electron chi connectivity index (χ1n) is 7.02. The third-order valence-electron chi connectivity index (χ3n) is 3.94. The van der Waals surface area contributed by atoms with Gasteiger partial charge in [-0.3, -0.25) is 0 Å². The average molecular weight is 264 g/mol. The minimum Gasteiger partial charge on any atom is -0.417 e. The van der Waals surface area contributed by atoms with E-state index in [1.807, 2.05) is 0 Å². The molecule has 0 unspecified atom stereocenters. The molecular weight excluding hydrogens is 236 g/mol. The number of rotatable bonds is 6. The fourth-order valence-corrected chi connectivity index (χ4v) is 2.67. The van der Waals surface area contributed by atoms with Gasteiger partial charge in [-0.05, 0) is 43.0 Å². The quantitative estimate of drug-likeness (QED) is 0.471. The molecule has 0 bridgehead atoms. The molecule has 0 saturated heterocycles. The van der Waals surface area contributed by atoms with E-state index in [2.05, 4.69) is 64.2 Å². The molecule has 0 aliphatic heterocycles. The van der Waals surface area contributed by atoms with Gasteiger partial charge in [0.1, 0.15) is 0 Å². The Labute approximate surface area is 114 Å². The van der Waals surface area contributed by atoms with Crippen molar-refractivity contribution in [3.8, 4) is 0 Å². The van der Waals surface area contributed by atoms with Gasteiger partial charge in [-0.2, -0.15) is 0 Å². The Morgan fingerprint density at radius 2 is 1.72 bits per heavy atom. The first-order valence-corrected chi connectivity index (χ1v) is 9.93. The van der Waals surface area contributed by atoms with Crippen LogP contribution in [-0.4, -0.2) is 14.9 Å². The van der Waals surface area contributed by atoms with Crippen molar-refractivity contribution < 1.29 is 4.43 Å². The molecule has 0 heterocycles. The molecule has 2 heteroatoms. The van der Waals surface area contributed by atoms with E-state index in [1.54, 1.807) is 0 Å². The summed E-state index contributed by atoms with van der Waals surface area (Å²) >= 11 is 0. The third-order valence-corrected chi connectivity index (χ3v) is 8.47. The van der Waals surface area contributed by atoms with E-state index in [0.717, 1.165) is 13.0 Å². The maximum atomic E-state index is 6.16. The largest absolute Gasteiger partial charge is 0.417 e. The standard InChI is InChI=1S/C16H28OSi/c1-16(2,3)18(4,5)17-14-10-6-7-11-15-12-8-9-13-15/h8-9,11-13H,6-7,10,14H2,1-5H3. The van der Waals surface area contributed by atoms with Crippen molar-refractivity contribution in [1.29, 1.82) is 0 Å². The molecule has 1 aliphatic rings. The van der Waals surface area contributed by atoms with Crippen LogP contribution in [0.25, 0.3) is 0 Å². The zero-order valence-corrected chi connectivity index (χ0v) is 13.6. The lowest BCUT2D eigenvalue weighted by Gasteiger charge is -2.36. The van der Waals surface area contributed by atoms with Crippen LogP contribution in [0.5, 0.6) is 0 Å². The van der Waals surface area contributed by atoms with Crippen LogP contribution in [0.2, 0.25) is 18.1 Å². The Bertz CT molecular complexity index is 329. The highest BCUT2D eigenvalue weighted by atomic mass is 28.4. The number of unbranched alkanes of at least 4 members (excludes halogenated alkanes) is 2. The highest BCUT2D eigenvalue weighted by Crippen LogP contribution is 2.36. The van der Waals surface area contributed by atoms with Crippen LogP contribution in [0.4, 0.5) is 0 Å². The fourth-order valence-electron chi connectivity index (χ4n) is 1.58. The molecule has 0 N–H and O–H groups in total. The molecule has 0 aromatic rings. The normalized spacial score (nSPS) is 15.5. The lowest BCUT2D eigenvalue weighted by Crippen LogP contribution is -2.40. The topological polar surface area (TPSA) is 9.23 Å². The van der Waals surface area contributed by atoms with Gasteiger partial charge in [-0.25, -0.2) is 0 Å². The van der Waals surface area contributed by atoms with Gasteiger partial charge in [0.25, 0.3) is 0 Å². The maximum Gasteiger partial charge on any atom is 0.191 e. The fraction of sp³-hybridized carbons (Fsp3) is 0.625. The van der Waals surface area contributed by atoms with E-state index in [4.69, 9.17) is 4.43 Å². The second-order valence-electron chi connectivity index (χ2n) is 6.53.